The van der Waals surface area contributed by atoms with E-state index in [2.05, 4.69) is 10.1 Å². The van der Waals surface area contributed by atoms with Gasteiger partial charge in [0, 0.05) is 29.3 Å². The Labute approximate surface area is 207 Å². The molecular weight excluding hydrogens is 499 g/mol. The highest BCUT2D eigenvalue weighted by molar-refractivity contribution is 7.93. The average Bonchev–Trinajstić information content (AvgIpc) is 3.17. The fourth-order valence-electron chi connectivity index (χ4n) is 5.29. The summed E-state index contributed by atoms with van der Waals surface area (Å²) in [6, 6.07) is 2.78. The maximum absolute atomic E-state index is 14.7. The van der Waals surface area contributed by atoms with Gasteiger partial charge in [-0.2, -0.15) is 8.78 Å². The summed E-state index contributed by atoms with van der Waals surface area (Å²) < 4.78 is 67.6. The van der Waals surface area contributed by atoms with E-state index in [9.17, 15) is 31.5 Å². The third-order valence-electron chi connectivity index (χ3n) is 6.95. The molecule has 8 nitrogen and oxygen atoms in total. The highest BCUT2D eigenvalue weighted by Crippen LogP contribution is 2.35. The second-order valence-corrected chi connectivity index (χ2v) is 12.1. The van der Waals surface area contributed by atoms with E-state index in [1.54, 1.807) is 6.92 Å². The van der Waals surface area contributed by atoms with Crippen LogP contribution in [0.5, 0.6) is 5.75 Å². The number of nitrogens with zero attached hydrogens (tertiary/aromatic N) is 1. The van der Waals surface area contributed by atoms with E-state index in [4.69, 9.17) is 10.7 Å². The van der Waals surface area contributed by atoms with Crippen molar-refractivity contribution in [2.24, 2.45) is 16.6 Å². The minimum absolute atomic E-state index is 0.00867. The largest absolute Gasteiger partial charge is 0.435 e. The van der Waals surface area contributed by atoms with Crippen LogP contribution < -0.4 is 15.8 Å². The number of nitrogens with two attached hydrogens (primary N) is 1. The Morgan fingerprint density at radius 2 is 2.00 bits per heavy atom. The van der Waals surface area contributed by atoms with Crippen molar-refractivity contribution in [1.82, 2.24) is 5.32 Å². The van der Waals surface area contributed by atoms with Crippen LogP contribution in [0.1, 0.15) is 51.0 Å². The number of halogens is 3. The van der Waals surface area contributed by atoms with Crippen LogP contribution in [0.3, 0.4) is 0 Å². The van der Waals surface area contributed by atoms with E-state index in [0.29, 0.717) is 30.5 Å². The molecule has 1 aromatic rings. The van der Waals surface area contributed by atoms with E-state index in [1.807, 2.05) is 0 Å². The zero-order valence-electron chi connectivity index (χ0n) is 19.8. The van der Waals surface area contributed by atoms with Gasteiger partial charge in [0.1, 0.15) is 11.6 Å². The summed E-state index contributed by atoms with van der Waals surface area (Å²) in [7, 11) is -3.15. The summed E-state index contributed by atoms with van der Waals surface area (Å²) >= 11 is 0. The van der Waals surface area contributed by atoms with Gasteiger partial charge in [-0.15, -0.1) is 0 Å². The summed E-state index contributed by atoms with van der Waals surface area (Å²) in [6.07, 6.45) is 2.17. The molecule has 0 bridgehead atoms. The third-order valence-corrected chi connectivity index (χ3v) is 9.10. The van der Waals surface area contributed by atoms with Crippen LogP contribution in [0, 0.1) is 11.7 Å². The summed E-state index contributed by atoms with van der Waals surface area (Å²) in [5.74, 6) is -2.03. The zero-order chi connectivity index (χ0) is 26.3. The molecule has 1 heterocycles. The topological polar surface area (TPSA) is 131 Å². The first kappa shape index (κ1) is 26.5. The fraction of sp³-hybridized carbons (Fsp3) is 0.583. The number of alkyl halides is 2. The smallest absolute Gasteiger partial charge is 0.387 e. The number of aliphatic imine (C=N–C) groups is 1. The molecular formula is C24H30F3N3O5S. The fourth-order valence-corrected chi connectivity index (χ4v) is 7.29. The number of rotatable bonds is 6. The Balaban J connectivity index is 1.63. The normalized spacial score (nSPS) is 29.6. The van der Waals surface area contributed by atoms with E-state index in [-0.39, 0.29) is 47.3 Å². The van der Waals surface area contributed by atoms with Gasteiger partial charge in [-0.1, -0.05) is 0 Å². The van der Waals surface area contributed by atoms with Gasteiger partial charge in [0.2, 0.25) is 5.91 Å². The van der Waals surface area contributed by atoms with Crippen LogP contribution in [-0.2, 0) is 14.6 Å². The van der Waals surface area contributed by atoms with Crippen molar-refractivity contribution >= 4 is 27.2 Å². The lowest BCUT2D eigenvalue weighted by molar-refractivity contribution is -0.126. The van der Waals surface area contributed by atoms with E-state index in [0.717, 1.165) is 24.6 Å². The number of aliphatic hydroxyl groups is 1. The number of benzene rings is 1. The molecule has 12 heteroatoms. The Bertz CT molecular complexity index is 1190. The van der Waals surface area contributed by atoms with Crippen LogP contribution in [0.15, 0.2) is 28.8 Å². The molecule has 1 aliphatic heterocycles. The maximum Gasteiger partial charge on any atom is 0.387 e. The summed E-state index contributed by atoms with van der Waals surface area (Å²) in [4.78, 5) is 17.7. The van der Waals surface area contributed by atoms with Crippen molar-refractivity contribution in [2.75, 3.05) is 11.5 Å². The first-order valence-electron chi connectivity index (χ1n) is 11.9. The molecule has 2 unspecified atom stereocenters. The molecule has 36 heavy (non-hydrogen) atoms. The van der Waals surface area contributed by atoms with Gasteiger partial charge in [-0.3, -0.25) is 9.79 Å². The standard InChI is InChI=1S/C24H30F3N3O5S/c1-24(11-36(33,34)12-24)30-22(32)13-5-7-15(19(9-13)29-18-3-2-4-20(18)31)21(28)16-10-14(35-23(26)27)6-8-17(16)25/h6,8,10,13,18,20,23,31H,2-5,7,9,11-12,28H2,1H3,(H,30,32)/t13-,18?,20?/m1/s1. The van der Waals surface area contributed by atoms with E-state index in [1.165, 1.54) is 0 Å². The average molecular weight is 530 g/mol. The number of hydrogen-bond acceptors (Lipinski definition) is 7. The van der Waals surface area contributed by atoms with Crippen LogP contribution in [0.4, 0.5) is 13.2 Å². The third kappa shape index (κ3) is 5.86. The Morgan fingerprint density at radius 1 is 1.28 bits per heavy atom. The quantitative estimate of drug-likeness (QED) is 0.519. The molecule has 2 aliphatic carbocycles. The molecule has 1 aromatic carbocycles. The van der Waals surface area contributed by atoms with Crippen LogP contribution in [0.2, 0.25) is 0 Å². The van der Waals surface area contributed by atoms with Crippen molar-refractivity contribution in [3.63, 3.8) is 0 Å². The van der Waals surface area contributed by atoms with Gasteiger partial charge in [-0.25, -0.2) is 12.8 Å². The van der Waals surface area contributed by atoms with E-state index >= 15 is 0 Å². The van der Waals surface area contributed by atoms with Crippen LogP contribution in [0.25, 0.3) is 5.70 Å². The molecule has 4 N–H and O–H groups in total. The van der Waals surface area contributed by atoms with Crippen LogP contribution in [-0.4, -0.2) is 60.9 Å². The number of amides is 1. The van der Waals surface area contributed by atoms with E-state index < -0.39 is 45.9 Å². The van der Waals surface area contributed by atoms with Gasteiger partial charge in [0.05, 0.1) is 29.2 Å². The minimum Gasteiger partial charge on any atom is -0.435 e. The maximum atomic E-state index is 14.7. The Morgan fingerprint density at radius 3 is 2.61 bits per heavy atom. The second kappa shape index (κ2) is 10.0. The van der Waals surface area contributed by atoms with Crippen molar-refractivity contribution < 1.29 is 36.2 Å². The number of sulfone groups is 1. The SMILES string of the molecule is CC1(NC(=O)[C@@H]2CCC(=C(N)c3cc(OC(F)F)ccc3F)C(=NC3CCCC3O)C2)CS(=O)(=O)C1. The Hall–Kier alpha value is -2.60. The van der Waals surface area contributed by atoms with Crippen molar-refractivity contribution in [2.45, 2.75) is 69.7 Å². The molecule has 0 aromatic heterocycles. The monoisotopic (exact) mass is 529 g/mol. The Kier molecular flexibility index (Phi) is 7.38. The second-order valence-electron chi connectivity index (χ2n) is 10.1. The highest BCUT2D eigenvalue weighted by Gasteiger charge is 2.46. The molecule has 198 valence electrons. The molecule has 1 saturated heterocycles. The summed E-state index contributed by atoms with van der Waals surface area (Å²) in [6.45, 7) is -1.40. The first-order chi connectivity index (χ1) is 16.9. The van der Waals surface area contributed by atoms with Gasteiger partial charge < -0.3 is 20.9 Å². The van der Waals surface area contributed by atoms with Crippen molar-refractivity contribution in [3.05, 3.63) is 35.2 Å². The summed E-state index contributed by atoms with van der Waals surface area (Å²) in [5, 5.41) is 13.1. The number of aliphatic hydroxyl groups excluding tert-OH is 1. The molecule has 4 rings (SSSR count). The van der Waals surface area contributed by atoms with Crippen LogP contribution >= 0.6 is 0 Å². The van der Waals surface area contributed by atoms with Crippen molar-refractivity contribution in [1.29, 1.82) is 0 Å². The molecule has 0 spiro atoms. The van der Waals surface area contributed by atoms with Gasteiger partial charge >= 0.3 is 6.61 Å². The zero-order valence-corrected chi connectivity index (χ0v) is 20.7. The minimum atomic E-state index is -3.15. The molecule has 2 saturated carbocycles. The lowest BCUT2D eigenvalue weighted by Gasteiger charge is -2.40. The predicted octanol–water partition coefficient (Wildman–Crippen LogP) is 2.55. The molecule has 3 fully saturated rings. The first-order valence-corrected chi connectivity index (χ1v) is 13.7. The van der Waals surface area contributed by atoms with Gasteiger partial charge in [0.25, 0.3) is 0 Å². The number of carbonyl (C=O) groups is 1. The number of nitrogens with one attached hydrogen (secondary N) is 1. The predicted molar refractivity (Wildman–Crippen MR) is 128 cm³/mol. The highest BCUT2D eigenvalue weighted by atomic mass is 32.2. The van der Waals surface area contributed by atoms with Crippen molar-refractivity contribution in [3.8, 4) is 5.75 Å². The molecule has 0 radical (unpaired) electrons. The lowest BCUT2D eigenvalue weighted by Crippen LogP contribution is -2.64. The summed E-state index contributed by atoms with van der Waals surface area (Å²) in [5.41, 5.74) is 6.36. The number of allylic oxidation sites excluding steroid dienone is 1. The molecule has 1 amide bonds. The number of carbonyl (C=O) groups excluding carboxylic acids is 1. The van der Waals surface area contributed by atoms with Gasteiger partial charge in [-0.05, 0) is 62.8 Å². The lowest BCUT2D eigenvalue weighted by atomic mass is 9.81. The number of hydrogen-bond donors (Lipinski definition) is 3. The molecule has 3 aliphatic rings. The molecule has 3 atom stereocenters. The van der Waals surface area contributed by atoms with Gasteiger partial charge in [0.15, 0.2) is 9.84 Å². The number of ether oxygens (including phenoxy) is 1.